The van der Waals surface area contributed by atoms with E-state index in [0.29, 0.717) is 6.04 Å². The lowest BCUT2D eigenvalue weighted by Crippen LogP contribution is -2.47. The van der Waals surface area contributed by atoms with Crippen LogP contribution in [0.2, 0.25) is 5.02 Å². The predicted octanol–water partition coefficient (Wildman–Crippen LogP) is 4.16. The van der Waals surface area contributed by atoms with Crippen LogP contribution < -0.4 is 0 Å². The maximum absolute atomic E-state index is 9.11. The summed E-state index contributed by atoms with van der Waals surface area (Å²) in [6, 6.07) is 17.0. The Morgan fingerprint density at radius 1 is 1.08 bits per heavy atom. The first-order valence-corrected chi connectivity index (χ1v) is 9.96. The van der Waals surface area contributed by atoms with E-state index in [2.05, 4.69) is 53.1 Å². The number of aliphatic hydroxyl groups excluding tert-OH is 1. The summed E-state index contributed by atoms with van der Waals surface area (Å²) in [6.07, 6.45) is 0. The van der Waals surface area contributed by atoms with Crippen LogP contribution in [0.15, 0.2) is 58.3 Å². The molecular formula is C20H25ClN2OS. The average molecular weight is 377 g/mol. The van der Waals surface area contributed by atoms with Gasteiger partial charge in [-0.05, 0) is 42.8 Å². The fourth-order valence-electron chi connectivity index (χ4n) is 3.27. The van der Waals surface area contributed by atoms with Crippen molar-refractivity contribution in [3.63, 3.8) is 0 Å². The summed E-state index contributed by atoms with van der Waals surface area (Å²) in [7, 11) is 0. The molecule has 2 aromatic carbocycles. The van der Waals surface area contributed by atoms with Crippen LogP contribution >= 0.6 is 23.4 Å². The minimum Gasteiger partial charge on any atom is -0.395 e. The average Bonchev–Trinajstić information content (AvgIpc) is 2.64. The number of nitrogens with zero attached hydrogens (tertiary/aromatic N) is 2. The molecule has 0 aliphatic carbocycles. The van der Waals surface area contributed by atoms with E-state index in [1.165, 1.54) is 15.4 Å². The predicted molar refractivity (Wildman–Crippen MR) is 106 cm³/mol. The molecule has 1 fully saturated rings. The van der Waals surface area contributed by atoms with Crippen molar-refractivity contribution in [2.45, 2.75) is 22.8 Å². The molecule has 0 radical (unpaired) electrons. The molecule has 134 valence electrons. The highest BCUT2D eigenvalue weighted by atomic mass is 35.5. The molecule has 25 heavy (non-hydrogen) atoms. The number of hydrogen-bond donors (Lipinski definition) is 1. The van der Waals surface area contributed by atoms with E-state index in [4.69, 9.17) is 16.7 Å². The lowest BCUT2D eigenvalue weighted by molar-refractivity contribution is 0.0881. The van der Waals surface area contributed by atoms with Gasteiger partial charge in [0.25, 0.3) is 0 Å². The molecule has 3 rings (SSSR count). The van der Waals surface area contributed by atoms with E-state index in [9.17, 15) is 0 Å². The molecule has 1 saturated heterocycles. The molecule has 1 atom stereocenters. The first kappa shape index (κ1) is 18.7. The monoisotopic (exact) mass is 376 g/mol. The smallest absolute Gasteiger partial charge is 0.0558 e. The number of aliphatic hydroxyl groups is 1. The van der Waals surface area contributed by atoms with Crippen LogP contribution in [0, 0.1) is 0 Å². The van der Waals surface area contributed by atoms with Crippen LogP contribution in [0.4, 0.5) is 0 Å². The third-order valence-electron chi connectivity index (χ3n) is 4.76. The van der Waals surface area contributed by atoms with Crippen molar-refractivity contribution in [2.24, 2.45) is 0 Å². The highest BCUT2D eigenvalue weighted by molar-refractivity contribution is 7.99. The SMILES string of the molecule is CC(c1cc(Cl)ccc1Sc1ccccc1)N1CCN(CCO)CC1. The van der Waals surface area contributed by atoms with Crippen molar-refractivity contribution in [1.29, 1.82) is 0 Å². The highest BCUT2D eigenvalue weighted by Gasteiger charge is 2.23. The van der Waals surface area contributed by atoms with Gasteiger partial charge in [0.15, 0.2) is 0 Å². The van der Waals surface area contributed by atoms with E-state index >= 15 is 0 Å². The maximum Gasteiger partial charge on any atom is 0.0558 e. The summed E-state index contributed by atoms with van der Waals surface area (Å²) in [6.45, 7) is 7.32. The topological polar surface area (TPSA) is 26.7 Å². The number of hydrogen-bond acceptors (Lipinski definition) is 4. The van der Waals surface area contributed by atoms with E-state index in [0.717, 1.165) is 37.7 Å². The molecule has 0 saturated carbocycles. The lowest BCUT2D eigenvalue weighted by atomic mass is 10.1. The Morgan fingerprint density at radius 3 is 2.48 bits per heavy atom. The summed E-state index contributed by atoms with van der Waals surface area (Å²) in [4.78, 5) is 7.34. The number of benzene rings is 2. The minimum atomic E-state index is 0.238. The van der Waals surface area contributed by atoms with Crippen LogP contribution in [-0.4, -0.2) is 54.2 Å². The second-order valence-electron chi connectivity index (χ2n) is 6.37. The van der Waals surface area contributed by atoms with Crippen molar-refractivity contribution in [1.82, 2.24) is 9.80 Å². The molecule has 3 nitrogen and oxygen atoms in total. The number of halogens is 1. The van der Waals surface area contributed by atoms with Gasteiger partial charge in [-0.2, -0.15) is 0 Å². The highest BCUT2D eigenvalue weighted by Crippen LogP contribution is 2.36. The zero-order chi connectivity index (χ0) is 17.6. The van der Waals surface area contributed by atoms with Crippen molar-refractivity contribution in [3.8, 4) is 0 Å². The third kappa shape index (κ3) is 4.99. The largest absolute Gasteiger partial charge is 0.395 e. The van der Waals surface area contributed by atoms with Crippen molar-refractivity contribution in [2.75, 3.05) is 39.3 Å². The molecule has 2 aromatic rings. The van der Waals surface area contributed by atoms with Crippen LogP contribution in [0.5, 0.6) is 0 Å². The standard InChI is InChI=1S/C20H25ClN2OS/c1-16(23-11-9-22(10-12-23)13-14-24)19-15-17(21)7-8-20(19)25-18-5-3-2-4-6-18/h2-8,15-16,24H,9-14H2,1H3. The Kier molecular flexibility index (Phi) is 6.79. The zero-order valence-electron chi connectivity index (χ0n) is 14.6. The molecule has 5 heteroatoms. The molecule has 1 N–H and O–H groups in total. The van der Waals surface area contributed by atoms with Gasteiger partial charge in [0, 0.05) is 53.6 Å². The fourth-order valence-corrected chi connectivity index (χ4v) is 4.48. The summed E-state index contributed by atoms with van der Waals surface area (Å²) in [5.41, 5.74) is 1.29. The van der Waals surface area contributed by atoms with Gasteiger partial charge in [0.1, 0.15) is 0 Å². The van der Waals surface area contributed by atoms with E-state index < -0.39 is 0 Å². The number of piperazine rings is 1. The molecule has 1 aliphatic rings. The first-order chi connectivity index (χ1) is 12.2. The molecule has 0 spiro atoms. The normalized spacial score (nSPS) is 17.6. The quantitative estimate of drug-likeness (QED) is 0.818. The van der Waals surface area contributed by atoms with Crippen molar-refractivity contribution in [3.05, 3.63) is 59.1 Å². The lowest BCUT2D eigenvalue weighted by Gasteiger charge is -2.38. The molecule has 1 unspecified atom stereocenters. The molecule has 1 heterocycles. The Balaban J connectivity index is 1.75. The van der Waals surface area contributed by atoms with Gasteiger partial charge in [0.05, 0.1) is 6.61 Å². The van der Waals surface area contributed by atoms with Crippen LogP contribution in [0.1, 0.15) is 18.5 Å². The van der Waals surface area contributed by atoms with Gasteiger partial charge in [-0.15, -0.1) is 0 Å². The van der Waals surface area contributed by atoms with Gasteiger partial charge >= 0.3 is 0 Å². The fraction of sp³-hybridized carbons (Fsp3) is 0.400. The van der Waals surface area contributed by atoms with Gasteiger partial charge in [0.2, 0.25) is 0 Å². The zero-order valence-corrected chi connectivity index (χ0v) is 16.1. The Labute approximate surface area is 159 Å². The number of β-amino-alcohol motifs (C(OH)–C–C–N with tert-alkyl or cyclic N) is 1. The number of rotatable bonds is 6. The van der Waals surface area contributed by atoms with Gasteiger partial charge in [-0.25, -0.2) is 0 Å². The Morgan fingerprint density at radius 2 is 1.80 bits per heavy atom. The summed E-state index contributed by atoms with van der Waals surface area (Å²) < 4.78 is 0. The molecule has 0 aromatic heterocycles. The molecule has 0 amide bonds. The third-order valence-corrected chi connectivity index (χ3v) is 6.10. The Bertz CT molecular complexity index is 675. The van der Waals surface area contributed by atoms with E-state index in [1.54, 1.807) is 11.8 Å². The molecule has 1 aliphatic heterocycles. The maximum atomic E-state index is 9.11. The molecular weight excluding hydrogens is 352 g/mol. The van der Waals surface area contributed by atoms with Crippen LogP contribution in [0.25, 0.3) is 0 Å². The van der Waals surface area contributed by atoms with Gasteiger partial charge in [-0.3, -0.25) is 9.80 Å². The van der Waals surface area contributed by atoms with Gasteiger partial charge < -0.3 is 5.11 Å². The van der Waals surface area contributed by atoms with Crippen molar-refractivity contribution >= 4 is 23.4 Å². The van der Waals surface area contributed by atoms with Crippen LogP contribution in [0.3, 0.4) is 0 Å². The van der Waals surface area contributed by atoms with Crippen LogP contribution in [-0.2, 0) is 0 Å². The van der Waals surface area contributed by atoms with E-state index in [1.807, 2.05) is 12.1 Å². The summed E-state index contributed by atoms with van der Waals surface area (Å²) in [5, 5.41) is 9.90. The molecule has 0 bridgehead atoms. The minimum absolute atomic E-state index is 0.238. The second kappa shape index (κ2) is 9.06. The second-order valence-corrected chi connectivity index (χ2v) is 7.93. The summed E-state index contributed by atoms with van der Waals surface area (Å²) >= 11 is 8.10. The van der Waals surface area contributed by atoms with E-state index in [-0.39, 0.29) is 6.61 Å². The first-order valence-electron chi connectivity index (χ1n) is 8.77. The summed E-state index contributed by atoms with van der Waals surface area (Å²) in [5.74, 6) is 0. The van der Waals surface area contributed by atoms with Gasteiger partial charge in [-0.1, -0.05) is 41.6 Å². The Hall–Kier alpha value is -1.04. The van der Waals surface area contributed by atoms with Crippen molar-refractivity contribution < 1.29 is 5.11 Å².